The van der Waals surface area contributed by atoms with Crippen molar-refractivity contribution in [1.82, 2.24) is 4.90 Å². The smallest absolute Gasteiger partial charge is 0.115 e. The Balaban J connectivity index is 1.45. The molecule has 3 heteroatoms. The largest absolute Gasteiger partial charge is 0.508 e. The third kappa shape index (κ3) is 3.74. The molecule has 0 radical (unpaired) electrons. The minimum Gasteiger partial charge on any atom is -0.508 e. The van der Waals surface area contributed by atoms with Crippen LogP contribution in [0.4, 0.5) is 0 Å². The number of aromatic hydroxyl groups is 1. The molecule has 0 spiro atoms. The van der Waals surface area contributed by atoms with Gasteiger partial charge in [0, 0.05) is 12.3 Å². The third-order valence-corrected chi connectivity index (χ3v) is 9.54. The molecule has 2 nitrogen and oxygen atoms in total. The molecule has 3 aliphatic rings. The van der Waals surface area contributed by atoms with Crippen molar-refractivity contribution in [2.45, 2.75) is 58.3 Å². The number of fused-ring (bicyclic) bond motifs is 5. The first-order valence-electron chi connectivity index (χ1n) is 11.4. The third-order valence-electron chi connectivity index (χ3n) is 8.55. The van der Waals surface area contributed by atoms with Crippen LogP contribution in [0, 0.1) is 29.1 Å². The number of rotatable bonds is 6. The number of phenols is 1. The fraction of sp³-hybridized carbons (Fsp3) is 0.760. The van der Waals surface area contributed by atoms with Crippen LogP contribution in [0.2, 0.25) is 0 Å². The summed E-state index contributed by atoms with van der Waals surface area (Å²) in [5, 5.41) is 9.94. The number of thioether (sulfide) groups is 1. The summed E-state index contributed by atoms with van der Waals surface area (Å²) in [6, 6.07) is 6.20. The summed E-state index contributed by atoms with van der Waals surface area (Å²) in [4.78, 5) is 2.29. The fourth-order valence-corrected chi connectivity index (χ4v) is 8.27. The topological polar surface area (TPSA) is 23.5 Å². The zero-order valence-corrected chi connectivity index (χ0v) is 19.1. The molecule has 0 aliphatic heterocycles. The van der Waals surface area contributed by atoms with E-state index in [9.17, 15) is 5.11 Å². The number of nitrogens with zero attached hydrogens (tertiary/aromatic N) is 1. The summed E-state index contributed by atoms with van der Waals surface area (Å²) in [5.74, 6) is 7.21. The van der Waals surface area contributed by atoms with Gasteiger partial charge in [0.2, 0.25) is 0 Å². The summed E-state index contributed by atoms with van der Waals surface area (Å²) in [7, 11) is 4.35. The van der Waals surface area contributed by atoms with Gasteiger partial charge in [0.05, 0.1) is 0 Å². The molecular formula is C25H39NOS. The predicted octanol–water partition coefficient (Wildman–Crippen LogP) is 5.80. The van der Waals surface area contributed by atoms with Crippen LogP contribution in [0.1, 0.15) is 63.0 Å². The molecule has 2 fully saturated rings. The normalized spacial score (nSPS) is 36.8. The van der Waals surface area contributed by atoms with Crippen LogP contribution in [0.5, 0.6) is 5.75 Å². The van der Waals surface area contributed by atoms with Crippen molar-refractivity contribution < 1.29 is 5.11 Å². The lowest BCUT2D eigenvalue weighted by Crippen LogP contribution is -2.45. The summed E-state index contributed by atoms with van der Waals surface area (Å²) in [6.45, 7) is 6.33. The van der Waals surface area contributed by atoms with E-state index in [1.54, 1.807) is 5.56 Å². The van der Waals surface area contributed by atoms with Gasteiger partial charge in [-0.05, 0) is 117 Å². The van der Waals surface area contributed by atoms with E-state index in [1.807, 2.05) is 12.1 Å². The molecule has 0 heterocycles. The van der Waals surface area contributed by atoms with Crippen molar-refractivity contribution in [3.8, 4) is 5.75 Å². The Morgan fingerprint density at radius 1 is 1.18 bits per heavy atom. The van der Waals surface area contributed by atoms with Crippen LogP contribution < -0.4 is 0 Å². The van der Waals surface area contributed by atoms with Gasteiger partial charge in [0.15, 0.2) is 0 Å². The summed E-state index contributed by atoms with van der Waals surface area (Å²) in [6.07, 6.45) is 8.23. The Hall–Kier alpha value is -0.670. The zero-order chi connectivity index (χ0) is 19.9. The second-order valence-electron chi connectivity index (χ2n) is 10.4. The second kappa shape index (κ2) is 8.22. The van der Waals surface area contributed by atoms with Gasteiger partial charge < -0.3 is 10.0 Å². The molecular weight excluding hydrogens is 362 g/mol. The Bertz CT molecular complexity index is 689. The Labute approximate surface area is 176 Å². The van der Waals surface area contributed by atoms with Gasteiger partial charge in [-0.1, -0.05) is 19.9 Å². The van der Waals surface area contributed by atoms with Gasteiger partial charge in [0.25, 0.3) is 0 Å². The maximum Gasteiger partial charge on any atom is 0.115 e. The van der Waals surface area contributed by atoms with E-state index in [2.05, 4.69) is 50.7 Å². The van der Waals surface area contributed by atoms with E-state index in [0.29, 0.717) is 11.2 Å². The van der Waals surface area contributed by atoms with Crippen molar-refractivity contribution in [3.63, 3.8) is 0 Å². The SMILES string of the molecule is C[C@@H]1Cc2cc(O)ccc2C2CCC3(C)C(CC[C@@H]3CCSCCN(C)C)C21. The number of hydrogen-bond acceptors (Lipinski definition) is 3. The van der Waals surface area contributed by atoms with E-state index >= 15 is 0 Å². The monoisotopic (exact) mass is 401 g/mol. The molecule has 1 aromatic carbocycles. The quantitative estimate of drug-likeness (QED) is 0.610. The number of hydrogen-bond donors (Lipinski definition) is 1. The van der Waals surface area contributed by atoms with E-state index in [1.165, 1.54) is 55.7 Å². The lowest BCUT2D eigenvalue weighted by atomic mass is 9.51. The average molecular weight is 402 g/mol. The molecule has 1 aromatic rings. The van der Waals surface area contributed by atoms with Crippen LogP contribution in [0.25, 0.3) is 0 Å². The fourth-order valence-electron chi connectivity index (χ4n) is 7.12. The molecule has 0 saturated heterocycles. The van der Waals surface area contributed by atoms with Crippen molar-refractivity contribution in [2.24, 2.45) is 29.1 Å². The molecule has 0 amide bonds. The van der Waals surface area contributed by atoms with E-state index in [4.69, 9.17) is 0 Å². The van der Waals surface area contributed by atoms with Crippen molar-refractivity contribution in [1.29, 1.82) is 0 Å². The summed E-state index contributed by atoms with van der Waals surface area (Å²) < 4.78 is 0. The number of benzene rings is 1. The average Bonchev–Trinajstić information content (AvgIpc) is 2.97. The standard InChI is InChI=1S/C25H39NOS/c1-17-15-18-16-20(27)6-7-21(18)22-9-11-25(2)19(5-8-23(25)24(17)22)10-13-28-14-12-26(3)4/h6-7,16-17,19,22-24,27H,5,8-15H2,1-4H3/t17-,19-,22?,23?,24?,25?/m1/s1. The lowest BCUT2D eigenvalue weighted by molar-refractivity contribution is 0.00516. The first kappa shape index (κ1) is 20.6. The molecule has 1 N–H and O–H groups in total. The van der Waals surface area contributed by atoms with Gasteiger partial charge in [-0.2, -0.15) is 11.8 Å². The molecule has 6 atom stereocenters. The van der Waals surface area contributed by atoms with Crippen molar-refractivity contribution in [2.75, 3.05) is 32.1 Å². The van der Waals surface area contributed by atoms with Gasteiger partial charge in [0.1, 0.15) is 5.75 Å². The molecule has 0 bridgehead atoms. The lowest BCUT2D eigenvalue weighted by Gasteiger charge is -2.53. The minimum absolute atomic E-state index is 0.442. The molecule has 4 unspecified atom stereocenters. The van der Waals surface area contributed by atoms with Crippen LogP contribution in [0.3, 0.4) is 0 Å². The Morgan fingerprint density at radius 2 is 2.00 bits per heavy atom. The van der Waals surface area contributed by atoms with E-state index < -0.39 is 0 Å². The molecule has 3 aliphatic carbocycles. The van der Waals surface area contributed by atoms with Gasteiger partial charge in [-0.25, -0.2) is 0 Å². The van der Waals surface area contributed by atoms with Gasteiger partial charge in [-0.3, -0.25) is 0 Å². The highest BCUT2D eigenvalue weighted by Gasteiger charge is 2.55. The van der Waals surface area contributed by atoms with E-state index in [0.717, 1.165) is 36.0 Å². The highest BCUT2D eigenvalue weighted by atomic mass is 32.2. The predicted molar refractivity (Wildman–Crippen MR) is 121 cm³/mol. The van der Waals surface area contributed by atoms with Crippen molar-refractivity contribution >= 4 is 11.8 Å². The van der Waals surface area contributed by atoms with Crippen LogP contribution >= 0.6 is 11.8 Å². The molecule has 156 valence electrons. The van der Waals surface area contributed by atoms with Gasteiger partial charge >= 0.3 is 0 Å². The Kier molecular flexibility index (Phi) is 6.05. The molecule has 2 saturated carbocycles. The van der Waals surface area contributed by atoms with E-state index in [-0.39, 0.29) is 0 Å². The zero-order valence-electron chi connectivity index (χ0n) is 18.3. The summed E-state index contributed by atoms with van der Waals surface area (Å²) in [5.41, 5.74) is 3.54. The first-order valence-corrected chi connectivity index (χ1v) is 12.6. The van der Waals surface area contributed by atoms with Crippen molar-refractivity contribution in [3.05, 3.63) is 29.3 Å². The highest BCUT2D eigenvalue weighted by molar-refractivity contribution is 7.99. The first-order chi connectivity index (χ1) is 13.4. The van der Waals surface area contributed by atoms with Crippen LogP contribution in [-0.4, -0.2) is 42.2 Å². The second-order valence-corrected chi connectivity index (χ2v) is 11.6. The maximum atomic E-state index is 9.94. The maximum absolute atomic E-state index is 9.94. The molecule has 4 rings (SSSR count). The highest BCUT2D eigenvalue weighted by Crippen LogP contribution is 2.64. The Morgan fingerprint density at radius 3 is 2.79 bits per heavy atom. The van der Waals surface area contributed by atoms with Crippen LogP contribution in [0.15, 0.2) is 18.2 Å². The minimum atomic E-state index is 0.442. The molecule has 0 aromatic heterocycles. The van der Waals surface area contributed by atoms with Crippen LogP contribution in [-0.2, 0) is 6.42 Å². The van der Waals surface area contributed by atoms with Gasteiger partial charge in [-0.15, -0.1) is 0 Å². The summed E-state index contributed by atoms with van der Waals surface area (Å²) >= 11 is 2.16. The number of phenolic OH excluding ortho intramolecular Hbond substituents is 1. The molecule has 28 heavy (non-hydrogen) atoms.